The first-order valence-electron chi connectivity index (χ1n) is 19.4. The van der Waals surface area contributed by atoms with E-state index in [0.717, 1.165) is 39.3 Å². The third kappa shape index (κ3) is 9.56. The van der Waals surface area contributed by atoms with Crippen LogP contribution < -0.4 is 31.9 Å². The number of hydrogen-bond acceptors (Lipinski definition) is 6. The van der Waals surface area contributed by atoms with E-state index in [1.807, 2.05) is 0 Å². The molecule has 0 amide bonds. The van der Waals surface area contributed by atoms with Gasteiger partial charge in [0, 0.05) is 75.5 Å². The van der Waals surface area contributed by atoms with Gasteiger partial charge in [0.1, 0.15) is 0 Å². The van der Waals surface area contributed by atoms with Crippen LogP contribution in [0.4, 0.5) is 0 Å². The van der Waals surface area contributed by atoms with Crippen molar-refractivity contribution in [3.63, 3.8) is 0 Å². The molecule has 0 spiro atoms. The Hall–Kier alpha value is -2.58. The fraction of sp³-hybridized carbons (Fsp3) is 0.571. The third-order valence-electron chi connectivity index (χ3n) is 11.8. The number of hydrogen-bond donors (Lipinski definition) is 6. The molecule has 0 radical (unpaired) electrons. The van der Waals surface area contributed by atoms with E-state index < -0.39 is 0 Å². The Balaban J connectivity index is 1.03. The maximum atomic E-state index is 3.93. The van der Waals surface area contributed by atoms with E-state index in [2.05, 4.69) is 105 Å². The van der Waals surface area contributed by atoms with Crippen LogP contribution in [-0.4, -0.2) is 36.3 Å². The normalized spacial score (nSPS) is 29.8. The molecule has 0 aromatic heterocycles. The summed E-state index contributed by atoms with van der Waals surface area (Å²) in [5.41, 5.74) is 8.28. The highest BCUT2D eigenvalue weighted by atomic mass is 15.0. The van der Waals surface area contributed by atoms with Gasteiger partial charge in [-0.2, -0.15) is 0 Å². The molecule has 6 heterocycles. The highest BCUT2D eigenvalue weighted by molar-refractivity contribution is 5.25. The molecule has 9 aliphatic rings. The van der Waals surface area contributed by atoms with Crippen molar-refractivity contribution in [3.05, 3.63) is 106 Å². The van der Waals surface area contributed by atoms with Crippen LogP contribution in [0.15, 0.2) is 72.8 Å². The first-order valence-corrected chi connectivity index (χ1v) is 19.4. The summed E-state index contributed by atoms with van der Waals surface area (Å²) in [4.78, 5) is 0. The van der Waals surface area contributed by atoms with Crippen LogP contribution in [-0.2, 0) is 39.3 Å². The summed E-state index contributed by atoms with van der Waals surface area (Å²) in [5.74, 6) is 0. The minimum Gasteiger partial charge on any atom is -0.308 e. The number of nitrogens with one attached hydrogen (secondary N) is 6. The molecule has 6 bridgehead atoms. The lowest BCUT2D eigenvalue weighted by Crippen LogP contribution is -2.49. The summed E-state index contributed by atoms with van der Waals surface area (Å²) in [6.07, 6.45) is 15.5. The van der Waals surface area contributed by atoms with E-state index >= 15 is 0 Å². The van der Waals surface area contributed by atoms with Crippen molar-refractivity contribution in [1.29, 1.82) is 0 Å². The maximum Gasteiger partial charge on any atom is 0.0224 e. The molecule has 6 atom stereocenters. The van der Waals surface area contributed by atoms with Crippen LogP contribution >= 0.6 is 0 Å². The summed E-state index contributed by atoms with van der Waals surface area (Å²) >= 11 is 0. The fourth-order valence-electron chi connectivity index (χ4n) is 8.68. The SMILES string of the molecule is c1cc2ccc1CN[C@H]1CCCC[C@@H]1NCc1ccc(cc1)CN[C@H]1CCCC[C@@H]1NCc1ccc(cc1)CN[C@H]1CCCC[C@@H]1NC2. The second-order valence-electron chi connectivity index (χ2n) is 15.2. The molecule has 6 nitrogen and oxygen atoms in total. The largest absolute Gasteiger partial charge is 0.308 e. The number of rotatable bonds is 0. The van der Waals surface area contributed by atoms with Gasteiger partial charge in [-0.25, -0.2) is 0 Å². The Morgan fingerprint density at radius 3 is 0.542 bits per heavy atom. The Morgan fingerprint density at radius 1 is 0.250 bits per heavy atom. The Kier molecular flexibility index (Phi) is 12.3. The maximum absolute atomic E-state index is 3.93. The molecule has 3 aromatic rings. The van der Waals surface area contributed by atoms with Crippen LogP contribution in [0.25, 0.3) is 0 Å². The van der Waals surface area contributed by atoms with Crippen LogP contribution in [0.1, 0.15) is 110 Å². The molecule has 12 rings (SSSR count). The molecule has 3 fully saturated rings. The topological polar surface area (TPSA) is 72.2 Å². The Morgan fingerprint density at radius 2 is 0.396 bits per heavy atom. The van der Waals surface area contributed by atoms with E-state index in [1.54, 1.807) is 0 Å². The molecule has 6 N–H and O–H groups in total. The van der Waals surface area contributed by atoms with Crippen LogP contribution in [0.5, 0.6) is 0 Å². The molecular weight excluding hydrogens is 589 g/mol. The van der Waals surface area contributed by atoms with Gasteiger partial charge in [-0.05, 0) is 71.9 Å². The van der Waals surface area contributed by atoms with Crippen molar-refractivity contribution in [2.75, 3.05) is 0 Å². The molecular formula is C42H60N6. The summed E-state index contributed by atoms with van der Waals surface area (Å²) < 4.78 is 0. The summed E-state index contributed by atoms with van der Waals surface area (Å²) in [6, 6.07) is 31.1. The highest BCUT2D eigenvalue weighted by Gasteiger charge is 2.26. The molecule has 3 aliphatic carbocycles. The van der Waals surface area contributed by atoms with Gasteiger partial charge in [0.2, 0.25) is 0 Å². The van der Waals surface area contributed by atoms with Gasteiger partial charge in [0.15, 0.2) is 0 Å². The molecule has 258 valence electrons. The zero-order valence-electron chi connectivity index (χ0n) is 29.1. The minimum atomic E-state index is 0.523. The second kappa shape index (κ2) is 17.4. The molecule has 0 unspecified atom stereocenters. The van der Waals surface area contributed by atoms with Crippen molar-refractivity contribution in [2.45, 2.75) is 153 Å². The molecule has 48 heavy (non-hydrogen) atoms. The van der Waals surface area contributed by atoms with Crippen molar-refractivity contribution in [2.24, 2.45) is 0 Å². The van der Waals surface area contributed by atoms with Gasteiger partial charge in [0.05, 0.1) is 0 Å². The monoisotopic (exact) mass is 648 g/mol. The van der Waals surface area contributed by atoms with Gasteiger partial charge in [-0.15, -0.1) is 0 Å². The van der Waals surface area contributed by atoms with Crippen molar-refractivity contribution >= 4 is 0 Å². The Bertz CT molecular complexity index is 1100. The standard InChI is InChI=1S/C42H60N6/c1-2-8-38-37(7-1)43-25-31-13-15-33(16-14-31)27-45-39-9-3-4-10-40(39)47-29-35-21-23-36(24-22-35)30-48-42-12-6-5-11-41(42)46-28-34-19-17-32(18-20-34)26-44-38/h13-24,37-48H,1-12,25-30H2/t37-,38-,39-,40-,41-,42-/m0/s1. The smallest absolute Gasteiger partial charge is 0.0224 e. The van der Waals surface area contributed by atoms with Gasteiger partial charge in [-0.3, -0.25) is 0 Å². The molecule has 6 heteroatoms. The molecule has 3 saturated carbocycles. The predicted molar refractivity (Wildman–Crippen MR) is 198 cm³/mol. The first-order chi connectivity index (χ1) is 23.7. The van der Waals surface area contributed by atoms with E-state index in [1.165, 1.54) is 110 Å². The van der Waals surface area contributed by atoms with Gasteiger partial charge < -0.3 is 31.9 Å². The predicted octanol–water partition coefficient (Wildman–Crippen LogP) is 6.57. The molecule has 0 saturated heterocycles. The summed E-state index contributed by atoms with van der Waals surface area (Å²) in [7, 11) is 0. The molecule has 3 aromatic carbocycles. The summed E-state index contributed by atoms with van der Waals surface area (Å²) in [6.45, 7) is 5.61. The van der Waals surface area contributed by atoms with Crippen LogP contribution in [0.3, 0.4) is 0 Å². The van der Waals surface area contributed by atoms with Crippen molar-refractivity contribution < 1.29 is 0 Å². The van der Waals surface area contributed by atoms with E-state index in [4.69, 9.17) is 0 Å². The number of benzene rings is 3. The van der Waals surface area contributed by atoms with Crippen LogP contribution in [0.2, 0.25) is 0 Å². The second-order valence-corrected chi connectivity index (χ2v) is 15.2. The summed E-state index contributed by atoms with van der Waals surface area (Å²) in [5, 5.41) is 23.6. The van der Waals surface area contributed by atoms with Crippen molar-refractivity contribution in [1.82, 2.24) is 31.9 Å². The van der Waals surface area contributed by atoms with Crippen LogP contribution in [0, 0.1) is 0 Å². The zero-order chi connectivity index (χ0) is 32.4. The van der Waals surface area contributed by atoms with Gasteiger partial charge in [-0.1, -0.05) is 111 Å². The lowest BCUT2D eigenvalue weighted by atomic mass is 9.89. The Labute approximate surface area is 290 Å². The minimum absolute atomic E-state index is 0.523. The fourth-order valence-corrected chi connectivity index (χ4v) is 8.68. The average Bonchev–Trinajstić information content (AvgIpc) is 3.15. The third-order valence-corrected chi connectivity index (χ3v) is 11.8. The van der Waals surface area contributed by atoms with Gasteiger partial charge in [0.25, 0.3) is 0 Å². The van der Waals surface area contributed by atoms with E-state index in [9.17, 15) is 0 Å². The lowest BCUT2D eigenvalue weighted by Gasteiger charge is -2.34. The highest BCUT2D eigenvalue weighted by Crippen LogP contribution is 2.23. The van der Waals surface area contributed by atoms with E-state index in [-0.39, 0.29) is 0 Å². The first kappa shape index (κ1) is 33.9. The lowest BCUT2D eigenvalue weighted by molar-refractivity contribution is 0.280. The zero-order valence-corrected chi connectivity index (χ0v) is 29.1. The molecule has 6 aliphatic heterocycles. The van der Waals surface area contributed by atoms with Crippen molar-refractivity contribution in [3.8, 4) is 0 Å². The van der Waals surface area contributed by atoms with Gasteiger partial charge >= 0.3 is 0 Å². The average molecular weight is 649 g/mol. The van der Waals surface area contributed by atoms with E-state index in [0.29, 0.717) is 36.3 Å². The quantitative estimate of drug-likeness (QED) is 0.166.